The molecule has 32 heavy (non-hydrogen) atoms. The molecule has 166 valence electrons. The van der Waals surface area contributed by atoms with Crippen LogP contribution in [-0.4, -0.2) is 36.2 Å². The van der Waals surface area contributed by atoms with Crippen LogP contribution in [0, 0.1) is 29.6 Å². The minimum Gasteiger partial charge on any atom is -0.393 e. The molecule has 8 nitrogen and oxygen atoms in total. The van der Waals surface area contributed by atoms with Crippen molar-refractivity contribution in [2.75, 3.05) is 5.32 Å². The molecule has 2 atom stereocenters. The van der Waals surface area contributed by atoms with Gasteiger partial charge in [0.05, 0.1) is 41.1 Å². The molecule has 2 aromatic heterocycles. The van der Waals surface area contributed by atoms with Crippen molar-refractivity contribution in [1.29, 1.82) is 5.26 Å². The lowest BCUT2D eigenvalue weighted by Gasteiger charge is -2.39. The van der Waals surface area contributed by atoms with Crippen LogP contribution in [0.3, 0.4) is 0 Å². The Hall–Kier alpha value is -3.31. The highest BCUT2D eigenvalue weighted by Gasteiger charge is 2.35. The summed E-state index contributed by atoms with van der Waals surface area (Å²) in [5.74, 6) is 0.887. The van der Waals surface area contributed by atoms with E-state index in [2.05, 4.69) is 45.5 Å². The number of aryl methyl sites for hydroxylation is 1. The Balaban J connectivity index is 1.51. The fourth-order valence-electron chi connectivity index (χ4n) is 4.53. The van der Waals surface area contributed by atoms with Crippen molar-refractivity contribution in [3.63, 3.8) is 0 Å². The van der Waals surface area contributed by atoms with Crippen molar-refractivity contribution in [2.24, 2.45) is 11.3 Å². The molecule has 1 aliphatic carbocycles. The third-order valence-corrected chi connectivity index (χ3v) is 6.41. The number of benzene rings is 1. The predicted octanol–water partition coefficient (Wildman–Crippen LogP) is 3.58. The van der Waals surface area contributed by atoms with Gasteiger partial charge < -0.3 is 10.4 Å². The number of hydrogen-bond acceptors (Lipinski definition) is 7. The summed E-state index contributed by atoms with van der Waals surface area (Å²) in [6.07, 6.45) is 6.40. The fraction of sp³-hybridized carbons (Fsp3) is 0.458. The Kier molecular flexibility index (Phi) is 6.19. The van der Waals surface area contributed by atoms with Gasteiger partial charge in [0.15, 0.2) is 0 Å². The Morgan fingerprint density at radius 2 is 2.06 bits per heavy atom. The minimum absolute atomic E-state index is 0.118. The van der Waals surface area contributed by atoms with E-state index >= 15 is 0 Å². The topological polar surface area (TPSA) is 113 Å². The number of aromatic nitrogens is 5. The first-order valence-electron chi connectivity index (χ1n) is 11.0. The monoisotopic (exact) mass is 431 g/mol. The number of nitrogens with one attached hydrogen (secondary N) is 1. The quantitative estimate of drug-likeness (QED) is 0.613. The molecule has 8 heteroatoms. The Morgan fingerprint density at radius 1 is 1.25 bits per heavy atom. The predicted molar refractivity (Wildman–Crippen MR) is 121 cm³/mol. The number of para-hydroxylation sites is 1. The Labute approximate surface area is 188 Å². The summed E-state index contributed by atoms with van der Waals surface area (Å²) >= 11 is 0. The average molecular weight is 432 g/mol. The Morgan fingerprint density at radius 3 is 2.78 bits per heavy atom. The molecule has 0 spiro atoms. The maximum atomic E-state index is 10.3. The summed E-state index contributed by atoms with van der Waals surface area (Å²) in [4.78, 5) is 9.04. The van der Waals surface area contributed by atoms with Crippen LogP contribution in [0.5, 0.6) is 0 Å². The molecular formula is C24H29N7O. The van der Waals surface area contributed by atoms with E-state index in [0.29, 0.717) is 30.4 Å². The van der Waals surface area contributed by atoms with Gasteiger partial charge in [0.25, 0.3) is 0 Å². The van der Waals surface area contributed by atoms with Gasteiger partial charge >= 0.3 is 0 Å². The van der Waals surface area contributed by atoms with Crippen LogP contribution in [0.2, 0.25) is 0 Å². The molecule has 0 aliphatic heterocycles. The van der Waals surface area contributed by atoms with Crippen molar-refractivity contribution < 1.29 is 5.11 Å². The molecule has 1 fully saturated rings. The number of hydrogen-bond donors (Lipinski definition) is 2. The zero-order valence-corrected chi connectivity index (χ0v) is 18.8. The van der Waals surface area contributed by atoms with E-state index in [1.165, 1.54) is 0 Å². The van der Waals surface area contributed by atoms with Gasteiger partial charge in [-0.3, -0.25) is 0 Å². The molecule has 2 N–H and O–H groups in total. The maximum Gasteiger partial charge on any atom is 0.223 e. The van der Waals surface area contributed by atoms with Gasteiger partial charge in [0, 0.05) is 6.54 Å². The second kappa shape index (κ2) is 9.05. The number of nitriles is 1. The third-order valence-electron chi connectivity index (χ3n) is 6.41. The van der Waals surface area contributed by atoms with E-state index in [0.717, 1.165) is 41.9 Å². The van der Waals surface area contributed by atoms with E-state index < -0.39 is 0 Å². The van der Waals surface area contributed by atoms with E-state index in [1.807, 2.05) is 31.2 Å². The molecule has 0 amide bonds. The van der Waals surface area contributed by atoms with Crippen molar-refractivity contribution in [3.05, 3.63) is 59.2 Å². The van der Waals surface area contributed by atoms with Crippen LogP contribution >= 0.6 is 0 Å². The zero-order valence-electron chi connectivity index (χ0n) is 18.8. The molecule has 3 aromatic rings. The summed E-state index contributed by atoms with van der Waals surface area (Å²) in [5, 5.41) is 31.3. The van der Waals surface area contributed by atoms with Gasteiger partial charge in [-0.1, -0.05) is 37.3 Å². The molecule has 0 saturated heterocycles. The van der Waals surface area contributed by atoms with Crippen molar-refractivity contribution in [2.45, 2.75) is 59.1 Å². The number of nitrogens with zero attached hydrogens (tertiary/aromatic N) is 6. The second-order valence-corrected chi connectivity index (χ2v) is 9.29. The highest BCUT2D eigenvalue weighted by atomic mass is 16.3. The Bertz CT molecular complexity index is 1130. The molecule has 2 heterocycles. The number of rotatable bonds is 6. The molecule has 0 bridgehead atoms. The third kappa shape index (κ3) is 4.63. The molecule has 1 saturated carbocycles. The first kappa shape index (κ1) is 21.9. The summed E-state index contributed by atoms with van der Waals surface area (Å²) in [6.45, 7) is 6.70. The van der Waals surface area contributed by atoms with Crippen molar-refractivity contribution >= 4 is 5.95 Å². The molecular weight excluding hydrogens is 402 g/mol. The normalized spacial score (nSPS) is 20.0. The summed E-state index contributed by atoms with van der Waals surface area (Å²) in [7, 11) is 0. The van der Waals surface area contributed by atoms with Crippen LogP contribution in [0.4, 0.5) is 5.95 Å². The number of aliphatic hydroxyl groups excluding tert-OH is 1. The smallest absolute Gasteiger partial charge is 0.223 e. The van der Waals surface area contributed by atoms with Crippen LogP contribution in [-0.2, 0) is 13.0 Å². The number of anilines is 1. The highest BCUT2D eigenvalue weighted by molar-refractivity contribution is 5.44. The van der Waals surface area contributed by atoms with Crippen molar-refractivity contribution in [3.8, 4) is 11.8 Å². The van der Waals surface area contributed by atoms with Gasteiger partial charge in [0.1, 0.15) is 6.07 Å². The number of aliphatic hydroxyl groups is 1. The average Bonchev–Trinajstić information content (AvgIpc) is 3.20. The summed E-state index contributed by atoms with van der Waals surface area (Å²) in [5.41, 5.74) is 4.11. The minimum atomic E-state index is -0.273. The van der Waals surface area contributed by atoms with Gasteiger partial charge in [-0.05, 0) is 55.6 Å². The van der Waals surface area contributed by atoms with Crippen LogP contribution in [0.15, 0.2) is 36.7 Å². The molecule has 4 rings (SSSR count). The first-order valence-corrected chi connectivity index (χ1v) is 11.0. The SMILES string of the molecule is Cc1cnnn1-c1ccccc1CNc1ncc(C#N)c(C[C@@H]2CC[C@@H](O)C(C)(C)C2)n1. The lowest BCUT2D eigenvalue weighted by atomic mass is 9.69. The van der Waals surface area contributed by atoms with E-state index in [4.69, 9.17) is 0 Å². The lowest BCUT2D eigenvalue weighted by molar-refractivity contribution is -0.00748. The van der Waals surface area contributed by atoms with Crippen LogP contribution < -0.4 is 5.32 Å². The second-order valence-electron chi connectivity index (χ2n) is 9.29. The van der Waals surface area contributed by atoms with E-state index in [1.54, 1.807) is 17.1 Å². The molecule has 1 aliphatic rings. The molecule has 1 aromatic carbocycles. The van der Waals surface area contributed by atoms with Gasteiger partial charge in [-0.15, -0.1) is 5.10 Å². The molecule has 0 radical (unpaired) electrons. The van der Waals surface area contributed by atoms with Gasteiger partial charge in [-0.25, -0.2) is 14.6 Å². The fourth-order valence-corrected chi connectivity index (χ4v) is 4.53. The maximum absolute atomic E-state index is 10.3. The highest BCUT2D eigenvalue weighted by Crippen LogP contribution is 2.40. The summed E-state index contributed by atoms with van der Waals surface area (Å²) in [6, 6.07) is 10.2. The molecule has 0 unspecified atom stereocenters. The van der Waals surface area contributed by atoms with E-state index in [-0.39, 0.29) is 11.5 Å². The van der Waals surface area contributed by atoms with E-state index in [9.17, 15) is 10.4 Å². The largest absolute Gasteiger partial charge is 0.393 e. The van der Waals surface area contributed by atoms with Gasteiger partial charge in [0.2, 0.25) is 5.95 Å². The van der Waals surface area contributed by atoms with Crippen LogP contribution in [0.1, 0.15) is 55.6 Å². The summed E-state index contributed by atoms with van der Waals surface area (Å²) < 4.78 is 1.81. The lowest BCUT2D eigenvalue weighted by Crippen LogP contribution is -2.37. The van der Waals surface area contributed by atoms with Crippen molar-refractivity contribution in [1.82, 2.24) is 25.0 Å². The van der Waals surface area contributed by atoms with Crippen LogP contribution in [0.25, 0.3) is 5.69 Å². The zero-order chi connectivity index (χ0) is 22.7. The first-order chi connectivity index (χ1) is 15.4. The standard InChI is InChI=1S/C24H29N7O/c1-16-13-28-30-31(16)21-7-5-4-6-18(21)14-26-23-27-15-19(12-25)20(29-23)10-17-8-9-22(32)24(2,3)11-17/h4-7,13,15,17,22,32H,8-11,14H2,1-3H3,(H,26,27,29)/t17-,22+/m0/s1. The van der Waals surface area contributed by atoms with Gasteiger partial charge in [-0.2, -0.15) is 5.26 Å².